The highest BCUT2D eigenvalue weighted by Gasteiger charge is 2.42. The second-order valence-electron chi connectivity index (χ2n) is 8.25. The van der Waals surface area contributed by atoms with Gasteiger partial charge >= 0.3 is 0 Å². The molecule has 1 aromatic rings. The number of hydrogen-bond acceptors (Lipinski definition) is 4. The summed E-state index contributed by atoms with van der Waals surface area (Å²) in [6.07, 6.45) is 1.16. The average Bonchev–Trinajstić information content (AvgIpc) is 2.91. The first-order valence-corrected chi connectivity index (χ1v) is 10.3. The molecule has 1 fully saturated rings. The zero-order valence-corrected chi connectivity index (χ0v) is 18.0. The minimum atomic E-state index is -1.12. The van der Waals surface area contributed by atoms with Crippen molar-refractivity contribution in [2.24, 2.45) is 0 Å². The molecule has 156 valence electrons. The lowest BCUT2D eigenvalue weighted by Crippen LogP contribution is -2.47. The highest BCUT2D eigenvalue weighted by Crippen LogP contribution is 2.30. The van der Waals surface area contributed by atoms with Crippen LogP contribution in [0.3, 0.4) is 0 Å². The van der Waals surface area contributed by atoms with Crippen LogP contribution in [0.15, 0.2) is 18.2 Å². The summed E-state index contributed by atoms with van der Waals surface area (Å²) in [6, 6.07) is 4.54. The minimum absolute atomic E-state index is 0.0916. The molecule has 2 aliphatic rings. The van der Waals surface area contributed by atoms with Gasteiger partial charge in [-0.15, -0.1) is 0 Å². The van der Waals surface area contributed by atoms with Crippen LogP contribution in [0.25, 0.3) is 0 Å². The predicted molar refractivity (Wildman–Crippen MR) is 109 cm³/mol. The van der Waals surface area contributed by atoms with Gasteiger partial charge in [-0.1, -0.05) is 23.2 Å². The molecule has 29 heavy (non-hydrogen) atoms. The van der Waals surface area contributed by atoms with Crippen molar-refractivity contribution >= 4 is 46.8 Å². The lowest BCUT2D eigenvalue weighted by Gasteiger charge is -2.32. The largest absolute Gasteiger partial charge is 0.351 e. The van der Waals surface area contributed by atoms with Crippen molar-refractivity contribution in [3.05, 3.63) is 34.9 Å². The van der Waals surface area contributed by atoms with Crippen LogP contribution in [0, 0.1) is 0 Å². The van der Waals surface area contributed by atoms with Crippen molar-refractivity contribution in [1.29, 1.82) is 0 Å². The highest BCUT2D eigenvalue weighted by atomic mass is 35.5. The second-order valence-corrected chi connectivity index (χ2v) is 9.35. The number of nitrogens with one attached hydrogen (secondary N) is 1. The lowest BCUT2D eigenvalue weighted by atomic mass is 10.0. The van der Waals surface area contributed by atoms with Crippen LogP contribution in [0.1, 0.15) is 64.7 Å². The van der Waals surface area contributed by atoms with E-state index in [-0.39, 0.29) is 29.3 Å². The topological polar surface area (TPSA) is 86.8 Å². The fourth-order valence-corrected chi connectivity index (χ4v) is 3.78. The van der Waals surface area contributed by atoms with Crippen LogP contribution in [-0.2, 0) is 4.79 Å². The number of halogens is 2. The van der Waals surface area contributed by atoms with E-state index in [4.69, 9.17) is 23.2 Å². The van der Waals surface area contributed by atoms with Crippen molar-refractivity contribution < 1.29 is 19.2 Å². The predicted octanol–water partition coefficient (Wildman–Crippen LogP) is 2.61. The molecule has 0 radical (unpaired) electrons. The van der Waals surface area contributed by atoms with E-state index in [1.807, 2.05) is 0 Å². The number of amides is 4. The standard InChI is InChI=1S/C20H23Cl2N3O4/c1-20(2,3)25-18(28)13-5-4-11(10-14(13)19(25)29)17(27)24-8-6-12(7-9-24)23-16(26)15(21)22/h4-5,10,12,15H,6-9H2,1-3H3,(H,23,26). The number of imide groups is 1. The summed E-state index contributed by atoms with van der Waals surface area (Å²) in [5.74, 6) is -1.38. The Morgan fingerprint density at radius 1 is 1.07 bits per heavy atom. The van der Waals surface area contributed by atoms with Crippen molar-refractivity contribution in [3.63, 3.8) is 0 Å². The molecule has 0 unspecified atom stereocenters. The molecule has 0 saturated carbocycles. The number of alkyl halides is 2. The van der Waals surface area contributed by atoms with E-state index in [1.54, 1.807) is 37.8 Å². The first kappa shape index (κ1) is 21.6. The summed E-state index contributed by atoms with van der Waals surface area (Å²) < 4.78 is 0. The maximum Gasteiger partial charge on any atom is 0.262 e. The third kappa shape index (κ3) is 4.26. The quantitative estimate of drug-likeness (QED) is 0.579. The number of likely N-dealkylation sites (tertiary alicyclic amines) is 1. The van der Waals surface area contributed by atoms with Crippen molar-refractivity contribution in [1.82, 2.24) is 15.1 Å². The molecule has 3 rings (SSSR count). The number of hydrogen-bond donors (Lipinski definition) is 1. The summed E-state index contributed by atoms with van der Waals surface area (Å²) in [7, 11) is 0. The number of carbonyl (C=O) groups excluding carboxylic acids is 4. The molecule has 0 spiro atoms. The van der Waals surface area contributed by atoms with Gasteiger partial charge in [0.1, 0.15) is 0 Å². The van der Waals surface area contributed by atoms with Crippen LogP contribution in [0.4, 0.5) is 0 Å². The first-order chi connectivity index (χ1) is 13.5. The van der Waals surface area contributed by atoms with Crippen molar-refractivity contribution in [2.45, 2.75) is 50.0 Å². The Bertz CT molecular complexity index is 871. The number of carbonyl (C=O) groups is 4. The molecule has 9 heteroatoms. The molecular formula is C20H23Cl2N3O4. The van der Waals surface area contributed by atoms with E-state index in [1.165, 1.54) is 11.0 Å². The SMILES string of the molecule is CC(C)(C)N1C(=O)c2ccc(C(=O)N3CCC(NC(=O)C(Cl)Cl)CC3)cc2C1=O. The van der Waals surface area contributed by atoms with Gasteiger partial charge in [0, 0.05) is 30.2 Å². The fraction of sp³-hybridized carbons (Fsp3) is 0.500. The van der Waals surface area contributed by atoms with E-state index in [0.29, 0.717) is 37.1 Å². The van der Waals surface area contributed by atoms with Crippen molar-refractivity contribution in [3.8, 4) is 0 Å². The van der Waals surface area contributed by atoms with E-state index in [0.717, 1.165) is 0 Å². The maximum atomic E-state index is 12.9. The Morgan fingerprint density at radius 3 is 2.21 bits per heavy atom. The summed E-state index contributed by atoms with van der Waals surface area (Å²) >= 11 is 11.1. The molecule has 0 aromatic heterocycles. The first-order valence-electron chi connectivity index (χ1n) is 9.41. The lowest BCUT2D eigenvalue weighted by molar-refractivity contribution is -0.120. The Morgan fingerprint density at radius 2 is 1.66 bits per heavy atom. The van der Waals surface area contributed by atoms with Crippen LogP contribution in [0.2, 0.25) is 0 Å². The zero-order chi connectivity index (χ0) is 21.5. The Labute approximate surface area is 179 Å². The summed E-state index contributed by atoms with van der Waals surface area (Å²) in [5.41, 5.74) is 0.298. The molecule has 1 saturated heterocycles. The summed E-state index contributed by atoms with van der Waals surface area (Å²) in [6.45, 7) is 6.29. The smallest absolute Gasteiger partial charge is 0.262 e. The molecule has 2 aliphatic heterocycles. The van der Waals surface area contributed by atoms with Gasteiger partial charge in [-0.05, 0) is 51.8 Å². The molecule has 0 atom stereocenters. The van der Waals surface area contributed by atoms with E-state index < -0.39 is 16.3 Å². The molecule has 2 heterocycles. The number of benzene rings is 1. The average molecular weight is 440 g/mol. The fourth-order valence-electron chi connectivity index (χ4n) is 3.66. The Kier molecular flexibility index (Phi) is 5.92. The van der Waals surface area contributed by atoms with Gasteiger partial charge in [0.2, 0.25) is 0 Å². The Balaban J connectivity index is 1.70. The highest BCUT2D eigenvalue weighted by molar-refractivity contribution is 6.53. The van der Waals surface area contributed by atoms with Gasteiger partial charge in [0.25, 0.3) is 23.6 Å². The van der Waals surface area contributed by atoms with Gasteiger partial charge < -0.3 is 10.2 Å². The van der Waals surface area contributed by atoms with Crippen LogP contribution < -0.4 is 5.32 Å². The molecule has 0 aliphatic carbocycles. The monoisotopic (exact) mass is 439 g/mol. The molecule has 1 aromatic carbocycles. The zero-order valence-electron chi connectivity index (χ0n) is 16.5. The Hall–Kier alpha value is -2.12. The maximum absolute atomic E-state index is 12.9. The third-order valence-electron chi connectivity index (χ3n) is 5.13. The van der Waals surface area contributed by atoms with E-state index in [9.17, 15) is 19.2 Å². The van der Waals surface area contributed by atoms with Crippen molar-refractivity contribution in [2.75, 3.05) is 13.1 Å². The van der Waals surface area contributed by atoms with E-state index >= 15 is 0 Å². The van der Waals surface area contributed by atoms with Crippen LogP contribution in [-0.4, -0.2) is 62.9 Å². The number of nitrogens with zero attached hydrogens (tertiary/aromatic N) is 2. The van der Waals surface area contributed by atoms with Gasteiger partial charge in [0.15, 0.2) is 4.84 Å². The number of fused-ring (bicyclic) bond motifs is 1. The normalized spacial score (nSPS) is 17.7. The van der Waals surface area contributed by atoms with Crippen LogP contribution >= 0.6 is 23.2 Å². The van der Waals surface area contributed by atoms with Gasteiger partial charge in [-0.25, -0.2) is 0 Å². The van der Waals surface area contributed by atoms with E-state index in [2.05, 4.69) is 5.32 Å². The van der Waals surface area contributed by atoms with Crippen LogP contribution in [0.5, 0.6) is 0 Å². The molecule has 1 N–H and O–H groups in total. The number of piperidine rings is 1. The molecule has 7 nitrogen and oxygen atoms in total. The molecule has 4 amide bonds. The number of rotatable bonds is 3. The molecular weight excluding hydrogens is 417 g/mol. The second kappa shape index (κ2) is 7.95. The van der Waals surface area contributed by atoms with Gasteiger partial charge in [0.05, 0.1) is 11.1 Å². The molecule has 0 bridgehead atoms. The van der Waals surface area contributed by atoms with Gasteiger partial charge in [-0.3, -0.25) is 24.1 Å². The summed E-state index contributed by atoms with van der Waals surface area (Å²) in [4.78, 5) is 51.5. The summed E-state index contributed by atoms with van der Waals surface area (Å²) in [5, 5.41) is 2.75. The minimum Gasteiger partial charge on any atom is -0.351 e. The third-order valence-corrected chi connectivity index (χ3v) is 5.53. The van der Waals surface area contributed by atoms with Gasteiger partial charge in [-0.2, -0.15) is 0 Å².